The van der Waals surface area contributed by atoms with Crippen molar-refractivity contribution in [3.05, 3.63) is 0 Å². The molecule has 0 aliphatic heterocycles. The van der Waals surface area contributed by atoms with Gasteiger partial charge in [-0.25, -0.2) is 9.13 Å². The minimum Gasteiger partial charge on any atom is -0.462 e. The average molecular weight is 1380 g/mol. The second-order valence-corrected chi connectivity index (χ2v) is 31.9. The maximum absolute atomic E-state index is 13.1. The van der Waals surface area contributed by atoms with E-state index in [0.29, 0.717) is 31.6 Å². The van der Waals surface area contributed by atoms with E-state index in [1.807, 2.05) is 0 Å². The van der Waals surface area contributed by atoms with Crippen molar-refractivity contribution in [1.29, 1.82) is 0 Å². The van der Waals surface area contributed by atoms with Gasteiger partial charge in [-0.1, -0.05) is 325 Å². The summed E-state index contributed by atoms with van der Waals surface area (Å²) in [6.45, 7) is 14.1. The lowest BCUT2D eigenvalue weighted by atomic mass is 10.0. The van der Waals surface area contributed by atoms with Crippen molar-refractivity contribution < 1.29 is 80.2 Å². The molecule has 94 heavy (non-hydrogen) atoms. The van der Waals surface area contributed by atoms with Crippen molar-refractivity contribution in [2.45, 2.75) is 395 Å². The highest BCUT2D eigenvalue weighted by molar-refractivity contribution is 7.47. The maximum atomic E-state index is 13.1. The summed E-state index contributed by atoms with van der Waals surface area (Å²) in [5.41, 5.74) is 0. The Morgan fingerprint density at radius 1 is 0.266 bits per heavy atom. The van der Waals surface area contributed by atoms with Crippen molar-refractivity contribution >= 4 is 39.5 Å². The molecule has 0 aromatic heterocycles. The van der Waals surface area contributed by atoms with E-state index in [2.05, 4.69) is 55.4 Å². The Balaban J connectivity index is 5.25. The normalized spacial score (nSPS) is 14.2. The fraction of sp³-hybridized carbons (Fsp3) is 0.947. The molecule has 0 aliphatic rings. The fourth-order valence-corrected chi connectivity index (χ4v) is 13.0. The number of phosphoric acid groups is 2. The van der Waals surface area contributed by atoms with Gasteiger partial charge in [0.05, 0.1) is 26.4 Å². The highest BCUT2D eigenvalue weighted by Crippen LogP contribution is 2.45. The molecule has 558 valence electrons. The van der Waals surface area contributed by atoms with Gasteiger partial charge in [-0.2, -0.15) is 0 Å². The molecule has 0 saturated carbocycles. The SMILES string of the molecule is CC(C)CCCCCCCCCCCCCCCCCC(=O)O[C@H](COC(=O)CCCCCCCCCCCCCC(C)C)COP(=O)(O)OCC(O)COP(=O)(O)OC[C@@H](COC(=O)CCCCCCCCCC(C)C)OC(=O)CCCCCCCCCCCC(C)C. The molecular weight excluding hydrogens is 1230 g/mol. The van der Waals surface area contributed by atoms with Crippen LogP contribution in [0.1, 0.15) is 376 Å². The van der Waals surface area contributed by atoms with E-state index < -0.39 is 97.5 Å². The number of ether oxygens (including phenoxy) is 4. The average Bonchev–Trinajstić information content (AvgIpc) is 1.42. The molecule has 3 N–H and O–H groups in total. The molecule has 19 heteroatoms. The molecule has 17 nitrogen and oxygen atoms in total. The number of hydrogen-bond donors (Lipinski definition) is 3. The first kappa shape index (κ1) is 92.1. The summed E-state index contributed by atoms with van der Waals surface area (Å²) in [6, 6.07) is 0. The van der Waals surface area contributed by atoms with Crippen LogP contribution in [0.2, 0.25) is 0 Å². The predicted octanol–water partition coefficient (Wildman–Crippen LogP) is 21.7. The summed E-state index contributed by atoms with van der Waals surface area (Å²) in [6.07, 6.45) is 48.7. The van der Waals surface area contributed by atoms with Crippen LogP contribution in [0.5, 0.6) is 0 Å². The molecule has 0 aromatic carbocycles. The van der Waals surface area contributed by atoms with E-state index in [1.54, 1.807) is 0 Å². The van der Waals surface area contributed by atoms with Crippen LogP contribution >= 0.6 is 15.6 Å². The molecule has 0 saturated heterocycles. The molecule has 0 spiro atoms. The Morgan fingerprint density at radius 3 is 0.660 bits per heavy atom. The van der Waals surface area contributed by atoms with Crippen LogP contribution in [-0.4, -0.2) is 96.7 Å². The minimum atomic E-state index is -4.96. The molecule has 5 atom stereocenters. The van der Waals surface area contributed by atoms with E-state index in [-0.39, 0.29) is 25.7 Å². The van der Waals surface area contributed by atoms with E-state index in [9.17, 15) is 43.2 Å². The van der Waals surface area contributed by atoms with Crippen LogP contribution in [0, 0.1) is 23.7 Å². The molecule has 0 radical (unpaired) electrons. The first-order valence-electron chi connectivity index (χ1n) is 38.7. The summed E-state index contributed by atoms with van der Waals surface area (Å²) in [5.74, 6) is 0.892. The Hall–Kier alpha value is -1.94. The van der Waals surface area contributed by atoms with Crippen molar-refractivity contribution in [3.8, 4) is 0 Å². The third-order valence-corrected chi connectivity index (χ3v) is 19.2. The lowest BCUT2D eigenvalue weighted by Crippen LogP contribution is -2.30. The first-order chi connectivity index (χ1) is 45.1. The number of esters is 4. The summed E-state index contributed by atoms with van der Waals surface area (Å²) >= 11 is 0. The topological polar surface area (TPSA) is 237 Å². The smallest absolute Gasteiger partial charge is 0.462 e. The zero-order valence-corrected chi connectivity index (χ0v) is 63.4. The Morgan fingerprint density at radius 2 is 0.447 bits per heavy atom. The standard InChI is InChI=1S/C75H146O17P2/c1-65(2)51-43-35-27-20-15-12-10-9-11-13-17-24-32-41-49-57-74(79)91-70(61-85-72(77)55-47-39-31-23-18-14-16-21-28-36-44-52-66(3)4)63-89-93(81,82)87-59-69(76)60-88-94(83,84)90-64-71(62-86-73(78)56-48-40-34-26-30-38-46-54-68(7)8)92-75(80)58-50-42-33-25-19-22-29-37-45-53-67(5)6/h65-71,76H,9-64H2,1-8H3,(H,81,82)(H,83,84)/t69?,70-,71-/m1/s1. The minimum absolute atomic E-state index is 0.104. The van der Waals surface area contributed by atoms with Crippen molar-refractivity contribution in [2.75, 3.05) is 39.6 Å². The van der Waals surface area contributed by atoms with Crippen LogP contribution in [0.4, 0.5) is 0 Å². The number of hydrogen-bond acceptors (Lipinski definition) is 15. The van der Waals surface area contributed by atoms with E-state index in [4.69, 9.17) is 37.0 Å². The van der Waals surface area contributed by atoms with Gasteiger partial charge in [0, 0.05) is 25.7 Å². The Bertz CT molecular complexity index is 1850. The summed E-state index contributed by atoms with van der Waals surface area (Å²) in [7, 11) is -9.91. The molecule has 0 aliphatic carbocycles. The molecule has 0 heterocycles. The van der Waals surface area contributed by atoms with Gasteiger partial charge >= 0.3 is 39.5 Å². The number of carbonyl (C=O) groups is 4. The van der Waals surface area contributed by atoms with Gasteiger partial charge < -0.3 is 33.8 Å². The molecule has 0 aromatic rings. The van der Waals surface area contributed by atoms with Crippen LogP contribution in [0.15, 0.2) is 0 Å². The van der Waals surface area contributed by atoms with Gasteiger partial charge in [0.1, 0.15) is 19.3 Å². The molecule has 0 fully saturated rings. The second kappa shape index (κ2) is 64.4. The number of phosphoric ester groups is 2. The quantitative estimate of drug-likeness (QED) is 0.0222. The fourth-order valence-electron chi connectivity index (χ4n) is 11.4. The van der Waals surface area contributed by atoms with Crippen LogP contribution in [0.25, 0.3) is 0 Å². The van der Waals surface area contributed by atoms with Gasteiger partial charge in [-0.05, 0) is 49.4 Å². The van der Waals surface area contributed by atoms with Crippen molar-refractivity contribution in [1.82, 2.24) is 0 Å². The largest absolute Gasteiger partial charge is 0.472 e. The van der Waals surface area contributed by atoms with Crippen molar-refractivity contribution in [2.24, 2.45) is 23.7 Å². The number of carbonyl (C=O) groups excluding carboxylic acids is 4. The molecule has 3 unspecified atom stereocenters. The number of aliphatic hydroxyl groups excluding tert-OH is 1. The highest BCUT2D eigenvalue weighted by atomic mass is 31.2. The van der Waals surface area contributed by atoms with Crippen LogP contribution < -0.4 is 0 Å². The Labute approximate surface area is 575 Å². The third-order valence-electron chi connectivity index (χ3n) is 17.3. The van der Waals surface area contributed by atoms with Crippen LogP contribution in [-0.2, 0) is 65.4 Å². The first-order valence-corrected chi connectivity index (χ1v) is 41.7. The third kappa shape index (κ3) is 68.6. The lowest BCUT2D eigenvalue weighted by Gasteiger charge is -2.21. The summed E-state index contributed by atoms with van der Waals surface area (Å²) < 4.78 is 68.5. The van der Waals surface area contributed by atoms with E-state index in [0.717, 1.165) is 114 Å². The number of aliphatic hydroxyl groups is 1. The van der Waals surface area contributed by atoms with Crippen LogP contribution in [0.3, 0.4) is 0 Å². The molecule has 0 rings (SSSR count). The van der Waals surface area contributed by atoms with Gasteiger partial charge in [-0.3, -0.25) is 37.3 Å². The second-order valence-electron chi connectivity index (χ2n) is 28.9. The van der Waals surface area contributed by atoms with Gasteiger partial charge in [0.15, 0.2) is 12.2 Å². The zero-order valence-electron chi connectivity index (χ0n) is 61.6. The van der Waals surface area contributed by atoms with Gasteiger partial charge in [-0.15, -0.1) is 0 Å². The van der Waals surface area contributed by atoms with E-state index >= 15 is 0 Å². The Kier molecular flexibility index (Phi) is 63.1. The van der Waals surface area contributed by atoms with E-state index in [1.165, 1.54) is 173 Å². The summed E-state index contributed by atoms with van der Waals surface area (Å²) in [4.78, 5) is 72.7. The van der Waals surface area contributed by atoms with Crippen molar-refractivity contribution in [3.63, 3.8) is 0 Å². The number of unbranched alkanes of at least 4 members (excludes halogenated alkanes) is 38. The van der Waals surface area contributed by atoms with Gasteiger partial charge in [0.2, 0.25) is 0 Å². The van der Waals surface area contributed by atoms with Gasteiger partial charge in [0.25, 0.3) is 0 Å². The molecular formula is C75H146O17P2. The maximum Gasteiger partial charge on any atom is 0.472 e. The predicted molar refractivity (Wildman–Crippen MR) is 381 cm³/mol. The monoisotopic (exact) mass is 1380 g/mol. The highest BCUT2D eigenvalue weighted by Gasteiger charge is 2.30. The molecule has 0 amide bonds. The lowest BCUT2D eigenvalue weighted by molar-refractivity contribution is -0.161. The molecule has 0 bridgehead atoms. The number of rotatable bonds is 72. The zero-order chi connectivity index (χ0) is 69.6. The summed E-state index contributed by atoms with van der Waals surface area (Å²) in [5, 5.41) is 10.6.